The monoisotopic (exact) mass is 517 g/mol. The molecule has 0 spiro atoms. The predicted molar refractivity (Wildman–Crippen MR) is 129 cm³/mol. The van der Waals surface area contributed by atoms with Gasteiger partial charge in [-0.3, -0.25) is 9.48 Å². The molecule has 1 aliphatic carbocycles. The zero-order valence-corrected chi connectivity index (χ0v) is 20.9. The quantitative estimate of drug-likeness (QED) is 0.312. The van der Waals surface area contributed by atoms with Crippen molar-refractivity contribution in [2.45, 2.75) is 51.7 Å². The Hall–Kier alpha value is -3.69. The number of esters is 1. The van der Waals surface area contributed by atoms with Crippen molar-refractivity contribution in [1.29, 1.82) is 0 Å². The lowest BCUT2D eigenvalue weighted by atomic mass is 9.93. The van der Waals surface area contributed by atoms with Crippen LogP contribution in [0.25, 0.3) is 11.1 Å². The van der Waals surface area contributed by atoms with Crippen LogP contribution in [0.3, 0.4) is 0 Å². The molecule has 0 saturated heterocycles. The highest BCUT2D eigenvalue weighted by Gasteiger charge is 2.53. The number of hydrogen-bond donors (Lipinski definition) is 1. The number of ether oxygens (including phenoxy) is 1. The average Bonchev–Trinajstić information content (AvgIpc) is 3.50. The van der Waals surface area contributed by atoms with Gasteiger partial charge in [0.05, 0.1) is 29.8 Å². The van der Waals surface area contributed by atoms with Gasteiger partial charge in [0.25, 0.3) is 0 Å². The zero-order valence-electron chi connectivity index (χ0n) is 20.9. The highest BCUT2D eigenvalue weighted by molar-refractivity contribution is 6.04. The topological polar surface area (TPSA) is 73.2 Å². The maximum Gasteiger partial charge on any atom is 0.416 e. The van der Waals surface area contributed by atoms with E-state index >= 15 is 0 Å². The smallest absolute Gasteiger partial charge is 0.416 e. The summed E-state index contributed by atoms with van der Waals surface area (Å²) < 4.78 is 60.1. The molecule has 3 aromatic rings. The van der Waals surface area contributed by atoms with Crippen LogP contribution in [-0.2, 0) is 27.7 Å². The Balaban J connectivity index is 1.61. The minimum absolute atomic E-state index is 0.00604. The fourth-order valence-electron chi connectivity index (χ4n) is 4.30. The third-order valence-corrected chi connectivity index (χ3v) is 6.26. The third-order valence-electron chi connectivity index (χ3n) is 6.26. The van der Waals surface area contributed by atoms with Gasteiger partial charge in [-0.05, 0) is 48.1 Å². The molecule has 1 saturated carbocycles. The number of nitrogens with zero attached hydrogens (tertiary/aromatic N) is 2. The maximum absolute atomic E-state index is 14.6. The first-order chi connectivity index (χ1) is 17.2. The number of aromatic nitrogens is 2. The maximum atomic E-state index is 14.6. The molecule has 1 N–H and O–H groups in total. The Kier molecular flexibility index (Phi) is 6.64. The van der Waals surface area contributed by atoms with Crippen molar-refractivity contribution in [2.75, 3.05) is 12.4 Å². The summed E-state index contributed by atoms with van der Waals surface area (Å²) in [4.78, 5) is 25.7. The SMILES string of the molecule is COC(=O)c1cc(NC(=O)C2(c3ccc(C(F)(F)F)cc3F)CC2)ccc1-c1cnn(CC(C)(C)C)c1. The van der Waals surface area contributed by atoms with E-state index in [4.69, 9.17) is 4.74 Å². The van der Waals surface area contributed by atoms with E-state index in [1.807, 2.05) is 6.20 Å². The van der Waals surface area contributed by atoms with E-state index in [-0.39, 0.29) is 35.1 Å². The van der Waals surface area contributed by atoms with Gasteiger partial charge >= 0.3 is 12.1 Å². The summed E-state index contributed by atoms with van der Waals surface area (Å²) >= 11 is 0. The Bertz CT molecular complexity index is 1350. The van der Waals surface area contributed by atoms with Crippen LogP contribution < -0.4 is 5.32 Å². The number of carbonyl (C=O) groups is 2. The molecule has 1 aliphatic rings. The van der Waals surface area contributed by atoms with Crippen molar-refractivity contribution in [3.63, 3.8) is 0 Å². The molecule has 0 atom stereocenters. The lowest BCUT2D eigenvalue weighted by molar-refractivity contribution is -0.137. The summed E-state index contributed by atoms with van der Waals surface area (Å²) in [5.41, 5.74) is -0.771. The molecule has 4 rings (SSSR count). The van der Waals surface area contributed by atoms with E-state index in [2.05, 4.69) is 31.2 Å². The van der Waals surface area contributed by atoms with Crippen molar-refractivity contribution in [3.8, 4) is 11.1 Å². The zero-order chi connectivity index (χ0) is 27.2. The van der Waals surface area contributed by atoms with Crippen molar-refractivity contribution in [3.05, 3.63) is 71.3 Å². The number of alkyl halides is 3. The van der Waals surface area contributed by atoms with E-state index in [0.717, 1.165) is 12.1 Å². The second-order valence-electron chi connectivity index (χ2n) is 10.5. The number of carbonyl (C=O) groups excluding carboxylic acids is 2. The van der Waals surface area contributed by atoms with Crippen molar-refractivity contribution >= 4 is 17.6 Å². The van der Waals surface area contributed by atoms with E-state index in [1.54, 1.807) is 23.0 Å². The largest absolute Gasteiger partial charge is 0.465 e. The van der Waals surface area contributed by atoms with Crippen molar-refractivity contribution in [2.24, 2.45) is 5.41 Å². The summed E-state index contributed by atoms with van der Waals surface area (Å²) in [6.45, 7) is 6.90. The molecular formula is C27H27F4N3O3. The summed E-state index contributed by atoms with van der Waals surface area (Å²) in [6, 6.07) is 6.91. The molecule has 0 bridgehead atoms. The van der Waals surface area contributed by atoms with Gasteiger partial charge in [-0.15, -0.1) is 0 Å². The molecule has 0 unspecified atom stereocenters. The van der Waals surface area contributed by atoms with Crippen LogP contribution in [0.2, 0.25) is 0 Å². The first kappa shape index (κ1) is 26.4. The summed E-state index contributed by atoms with van der Waals surface area (Å²) in [6.07, 6.45) is -0.657. The highest BCUT2D eigenvalue weighted by atomic mass is 19.4. The number of methoxy groups -OCH3 is 1. The molecule has 1 aromatic heterocycles. The molecule has 6 nitrogen and oxygen atoms in total. The van der Waals surface area contributed by atoms with Crippen LogP contribution >= 0.6 is 0 Å². The molecule has 196 valence electrons. The van der Waals surface area contributed by atoms with Gasteiger partial charge in [-0.2, -0.15) is 18.3 Å². The number of halogens is 4. The van der Waals surface area contributed by atoms with E-state index in [9.17, 15) is 27.2 Å². The van der Waals surface area contributed by atoms with E-state index < -0.39 is 34.8 Å². The fourth-order valence-corrected chi connectivity index (χ4v) is 4.30. The molecule has 37 heavy (non-hydrogen) atoms. The number of amides is 1. The molecule has 1 fully saturated rings. The van der Waals surface area contributed by atoms with E-state index in [0.29, 0.717) is 23.7 Å². The lowest BCUT2D eigenvalue weighted by Crippen LogP contribution is -2.29. The van der Waals surface area contributed by atoms with Crippen LogP contribution in [0.15, 0.2) is 48.8 Å². The second kappa shape index (κ2) is 9.32. The minimum Gasteiger partial charge on any atom is -0.465 e. The van der Waals surface area contributed by atoms with Gasteiger partial charge < -0.3 is 10.1 Å². The normalized spacial score (nSPS) is 14.8. The minimum atomic E-state index is -4.69. The van der Waals surface area contributed by atoms with Crippen LogP contribution in [-0.4, -0.2) is 28.8 Å². The molecule has 1 amide bonds. The van der Waals surface area contributed by atoms with Crippen LogP contribution in [0.4, 0.5) is 23.2 Å². The number of hydrogen-bond acceptors (Lipinski definition) is 4. The summed E-state index contributed by atoms with van der Waals surface area (Å²) in [5.74, 6) is -2.27. The molecule has 2 aromatic carbocycles. The first-order valence-corrected chi connectivity index (χ1v) is 11.7. The van der Waals surface area contributed by atoms with E-state index in [1.165, 1.54) is 13.2 Å². The molecule has 10 heteroatoms. The average molecular weight is 518 g/mol. The van der Waals surface area contributed by atoms with Gasteiger partial charge in [-0.1, -0.05) is 32.9 Å². The van der Waals surface area contributed by atoms with Crippen molar-refractivity contribution in [1.82, 2.24) is 9.78 Å². The Morgan fingerprint density at radius 2 is 1.81 bits per heavy atom. The predicted octanol–water partition coefficient (Wildman–Crippen LogP) is 6.21. The number of nitrogens with one attached hydrogen (secondary N) is 1. The van der Waals surface area contributed by atoms with Gasteiger partial charge in [0.15, 0.2) is 0 Å². The molecule has 0 aliphatic heterocycles. The number of rotatable bonds is 6. The van der Waals surface area contributed by atoms with Gasteiger partial charge in [-0.25, -0.2) is 9.18 Å². The fraction of sp³-hybridized carbons (Fsp3) is 0.370. The molecule has 1 heterocycles. The third kappa shape index (κ3) is 5.52. The Morgan fingerprint density at radius 1 is 1.11 bits per heavy atom. The van der Waals surface area contributed by atoms with Crippen LogP contribution in [0, 0.1) is 11.2 Å². The Labute approximate surface area is 211 Å². The van der Waals surface area contributed by atoms with Gasteiger partial charge in [0.2, 0.25) is 5.91 Å². The molecule has 0 radical (unpaired) electrons. The van der Waals surface area contributed by atoms with Crippen LogP contribution in [0.5, 0.6) is 0 Å². The first-order valence-electron chi connectivity index (χ1n) is 11.7. The highest BCUT2D eigenvalue weighted by Crippen LogP contribution is 2.50. The molecular weight excluding hydrogens is 490 g/mol. The van der Waals surface area contributed by atoms with Gasteiger partial charge in [0, 0.05) is 29.6 Å². The Morgan fingerprint density at radius 3 is 2.38 bits per heavy atom. The standard InChI is InChI=1S/C27H27F4N3O3/c1-25(2,3)15-34-14-16(13-32-34)19-7-6-18(12-20(19)23(35)37-4)33-24(36)26(9-10-26)21-8-5-17(11-22(21)28)27(29,30)31/h5-8,11-14H,9-10,15H2,1-4H3,(H,33,36). The van der Waals surface area contributed by atoms with Gasteiger partial charge in [0.1, 0.15) is 5.82 Å². The summed E-state index contributed by atoms with van der Waals surface area (Å²) in [7, 11) is 1.24. The number of anilines is 1. The van der Waals surface area contributed by atoms with Crippen molar-refractivity contribution < 1.29 is 31.9 Å². The lowest BCUT2D eigenvalue weighted by Gasteiger charge is -2.18. The number of benzene rings is 2. The summed E-state index contributed by atoms with van der Waals surface area (Å²) in [5, 5.41) is 7.06. The second-order valence-corrected chi connectivity index (χ2v) is 10.5. The van der Waals surface area contributed by atoms with Crippen LogP contribution in [0.1, 0.15) is 55.1 Å².